The molecule has 0 aliphatic heterocycles. The second kappa shape index (κ2) is 8.62. The summed E-state index contributed by atoms with van der Waals surface area (Å²) in [7, 11) is 1.98. The molecule has 0 radical (unpaired) electrons. The number of amides is 2. The number of nitrogens with one attached hydrogen (secondary N) is 2. The standard InChI is InChI=1S/C23H25N7O2/c1-14(2)26-23(32)20-7-5-6-19(28-20)22(31)24-11-16-12-25-30(13-16)17-8-9-18-21(10-17)29(4)15(3)27-18/h5-10,12-14H,11H2,1-4H3,(H,24,31)(H,26,32). The zero-order valence-corrected chi connectivity index (χ0v) is 18.5. The van der Waals surface area contributed by atoms with E-state index >= 15 is 0 Å². The molecule has 0 atom stereocenters. The minimum absolute atomic E-state index is 0.0130. The maximum atomic E-state index is 12.5. The molecule has 0 aliphatic carbocycles. The van der Waals surface area contributed by atoms with Crippen LogP contribution in [0.15, 0.2) is 48.8 Å². The van der Waals surface area contributed by atoms with Crippen molar-refractivity contribution in [1.29, 1.82) is 0 Å². The Morgan fingerprint density at radius 1 is 1.06 bits per heavy atom. The lowest BCUT2D eigenvalue weighted by Crippen LogP contribution is -2.31. The molecule has 4 aromatic rings. The summed E-state index contributed by atoms with van der Waals surface area (Å²) >= 11 is 0. The van der Waals surface area contributed by atoms with Gasteiger partial charge in [0, 0.05) is 31.4 Å². The number of fused-ring (bicyclic) bond motifs is 1. The van der Waals surface area contributed by atoms with Gasteiger partial charge in [0.15, 0.2) is 0 Å². The average molecular weight is 432 g/mol. The summed E-state index contributed by atoms with van der Waals surface area (Å²) in [5, 5.41) is 10.0. The third-order valence-corrected chi connectivity index (χ3v) is 5.08. The maximum Gasteiger partial charge on any atom is 0.270 e. The van der Waals surface area contributed by atoms with Gasteiger partial charge < -0.3 is 15.2 Å². The predicted octanol–water partition coefficient (Wildman–Crippen LogP) is 2.53. The fraction of sp³-hybridized carbons (Fsp3) is 0.261. The van der Waals surface area contributed by atoms with E-state index in [9.17, 15) is 9.59 Å². The highest BCUT2D eigenvalue weighted by Crippen LogP contribution is 2.19. The smallest absolute Gasteiger partial charge is 0.270 e. The van der Waals surface area contributed by atoms with Crippen LogP contribution in [0.4, 0.5) is 0 Å². The van der Waals surface area contributed by atoms with Crippen molar-refractivity contribution < 1.29 is 9.59 Å². The van der Waals surface area contributed by atoms with E-state index in [0.29, 0.717) is 0 Å². The molecule has 0 unspecified atom stereocenters. The van der Waals surface area contributed by atoms with Crippen LogP contribution in [0.5, 0.6) is 0 Å². The van der Waals surface area contributed by atoms with Crippen molar-refractivity contribution in [3.8, 4) is 5.69 Å². The highest BCUT2D eigenvalue weighted by molar-refractivity contribution is 5.96. The SMILES string of the molecule is Cc1nc2ccc(-n3cc(CNC(=O)c4cccc(C(=O)NC(C)C)n4)cn3)cc2n1C. The molecule has 164 valence electrons. The first-order chi connectivity index (χ1) is 15.3. The predicted molar refractivity (Wildman–Crippen MR) is 121 cm³/mol. The summed E-state index contributed by atoms with van der Waals surface area (Å²) in [6, 6.07) is 10.8. The molecule has 2 amide bonds. The van der Waals surface area contributed by atoms with Gasteiger partial charge in [0.25, 0.3) is 11.8 Å². The quantitative estimate of drug-likeness (QED) is 0.488. The third-order valence-electron chi connectivity index (χ3n) is 5.08. The summed E-state index contributed by atoms with van der Waals surface area (Å²) in [6.07, 6.45) is 3.57. The van der Waals surface area contributed by atoms with Crippen LogP contribution in [-0.4, -0.2) is 42.2 Å². The second-order valence-corrected chi connectivity index (χ2v) is 7.90. The van der Waals surface area contributed by atoms with Crippen LogP contribution in [0, 0.1) is 6.92 Å². The highest BCUT2D eigenvalue weighted by Gasteiger charge is 2.13. The first-order valence-electron chi connectivity index (χ1n) is 10.3. The van der Waals surface area contributed by atoms with Gasteiger partial charge in [0.1, 0.15) is 17.2 Å². The average Bonchev–Trinajstić information content (AvgIpc) is 3.36. The number of aromatic nitrogens is 5. The Morgan fingerprint density at radius 3 is 2.56 bits per heavy atom. The molecule has 4 rings (SSSR count). The molecule has 9 nitrogen and oxygen atoms in total. The van der Waals surface area contributed by atoms with E-state index in [2.05, 4.69) is 25.7 Å². The zero-order chi connectivity index (χ0) is 22.8. The van der Waals surface area contributed by atoms with Crippen LogP contribution in [0.1, 0.15) is 46.2 Å². The number of hydrogen-bond donors (Lipinski definition) is 2. The molecule has 32 heavy (non-hydrogen) atoms. The van der Waals surface area contributed by atoms with E-state index in [0.717, 1.165) is 28.1 Å². The van der Waals surface area contributed by atoms with Gasteiger partial charge in [-0.1, -0.05) is 6.07 Å². The third kappa shape index (κ3) is 4.36. The van der Waals surface area contributed by atoms with Gasteiger partial charge in [0.2, 0.25) is 0 Å². The van der Waals surface area contributed by atoms with E-state index in [4.69, 9.17) is 0 Å². The summed E-state index contributed by atoms with van der Waals surface area (Å²) in [5.74, 6) is 0.278. The van der Waals surface area contributed by atoms with Crippen LogP contribution < -0.4 is 10.6 Å². The molecule has 0 spiro atoms. The Balaban J connectivity index is 1.44. The lowest BCUT2D eigenvalue weighted by molar-refractivity contribution is 0.0936. The van der Waals surface area contributed by atoms with E-state index in [1.165, 1.54) is 0 Å². The number of aryl methyl sites for hydroxylation is 2. The molecule has 0 saturated heterocycles. The van der Waals surface area contributed by atoms with E-state index < -0.39 is 0 Å². The summed E-state index contributed by atoms with van der Waals surface area (Å²) < 4.78 is 3.80. The van der Waals surface area contributed by atoms with Crippen molar-refractivity contribution in [2.75, 3.05) is 0 Å². The lowest BCUT2D eigenvalue weighted by atomic mass is 10.2. The number of nitrogens with zero attached hydrogens (tertiary/aromatic N) is 5. The number of rotatable bonds is 6. The largest absolute Gasteiger partial charge is 0.349 e. The molecule has 0 bridgehead atoms. The van der Waals surface area contributed by atoms with Crippen molar-refractivity contribution in [2.24, 2.45) is 7.05 Å². The number of imidazole rings is 1. The zero-order valence-electron chi connectivity index (χ0n) is 18.5. The lowest BCUT2D eigenvalue weighted by Gasteiger charge is -2.08. The van der Waals surface area contributed by atoms with Gasteiger partial charge >= 0.3 is 0 Å². The Bertz CT molecular complexity index is 1300. The first kappa shape index (κ1) is 21.2. The van der Waals surface area contributed by atoms with E-state index in [1.807, 2.05) is 56.8 Å². The normalized spacial score (nSPS) is 11.2. The minimum atomic E-state index is -0.358. The van der Waals surface area contributed by atoms with Gasteiger partial charge in [-0.25, -0.2) is 14.6 Å². The molecule has 1 aromatic carbocycles. The Hall–Kier alpha value is -4.01. The van der Waals surface area contributed by atoms with Gasteiger partial charge in [-0.15, -0.1) is 0 Å². The van der Waals surface area contributed by atoms with Crippen molar-refractivity contribution in [3.63, 3.8) is 0 Å². The van der Waals surface area contributed by atoms with Crippen LogP contribution in [-0.2, 0) is 13.6 Å². The monoisotopic (exact) mass is 431 g/mol. The molecule has 3 aromatic heterocycles. The number of carbonyl (C=O) groups excluding carboxylic acids is 2. The Kier molecular flexibility index (Phi) is 5.72. The number of carbonyl (C=O) groups is 2. The fourth-order valence-electron chi connectivity index (χ4n) is 3.33. The second-order valence-electron chi connectivity index (χ2n) is 7.90. The molecular formula is C23H25N7O2. The molecule has 2 N–H and O–H groups in total. The van der Waals surface area contributed by atoms with Crippen molar-refractivity contribution in [3.05, 3.63) is 71.6 Å². The molecular weight excluding hydrogens is 406 g/mol. The fourth-order valence-corrected chi connectivity index (χ4v) is 3.33. The number of hydrogen-bond acceptors (Lipinski definition) is 5. The van der Waals surface area contributed by atoms with E-state index in [1.54, 1.807) is 29.1 Å². The van der Waals surface area contributed by atoms with Gasteiger partial charge in [0.05, 0.1) is 22.9 Å². The molecule has 0 saturated carbocycles. The van der Waals surface area contributed by atoms with Crippen molar-refractivity contribution >= 4 is 22.8 Å². The highest BCUT2D eigenvalue weighted by atomic mass is 16.2. The summed E-state index contributed by atoms with van der Waals surface area (Å²) in [6.45, 7) is 5.99. The van der Waals surface area contributed by atoms with Crippen LogP contribution in [0.25, 0.3) is 16.7 Å². The summed E-state index contributed by atoms with van der Waals surface area (Å²) in [4.78, 5) is 33.4. The Morgan fingerprint density at radius 2 is 1.81 bits per heavy atom. The molecule has 0 aliphatic rings. The molecule has 0 fully saturated rings. The van der Waals surface area contributed by atoms with Crippen LogP contribution >= 0.6 is 0 Å². The van der Waals surface area contributed by atoms with Crippen LogP contribution in [0.3, 0.4) is 0 Å². The first-order valence-corrected chi connectivity index (χ1v) is 10.3. The van der Waals surface area contributed by atoms with Gasteiger partial charge in [-0.05, 0) is 51.1 Å². The maximum absolute atomic E-state index is 12.5. The molecule has 9 heteroatoms. The summed E-state index contributed by atoms with van der Waals surface area (Å²) in [5.41, 5.74) is 4.10. The molecule has 3 heterocycles. The van der Waals surface area contributed by atoms with Gasteiger partial charge in [-0.2, -0.15) is 5.10 Å². The topological polar surface area (TPSA) is 107 Å². The number of pyridine rings is 1. The Labute approximate surface area is 185 Å². The van der Waals surface area contributed by atoms with Crippen molar-refractivity contribution in [1.82, 2.24) is 34.9 Å². The van der Waals surface area contributed by atoms with Gasteiger partial charge in [-0.3, -0.25) is 9.59 Å². The number of benzene rings is 1. The van der Waals surface area contributed by atoms with E-state index in [-0.39, 0.29) is 35.8 Å². The van der Waals surface area contributed by atoms with Crippen LogP contribution in [0.2, 0.25) is 0 Å². The minimum Gasteiger partial charge on any atom is -0.349 e. The van der Waals surface area contributed by atoms with Crippen molar-refractivity contribution in [2.45, 2.75) is 33.4 Å².